The zero-order valence-electron chi connectivity index (χ0n) is 10.2. The minimum atomic E-state index is -4.38. The summed E-state index contributed by atoms with van der Waals surface area (Å²) in [5.41, 5.74) is -0.667. The van der Waals surface area contributed by atoms with E-state index in [0.29, 0.717) is 0 Å². The lowest BCUT2D eigenvalue weighted by Gasteiger charge is -2.26. The summed E-state index contributed by atoms with van der Waals surface area (Å²) in [6.45, 7) is -0.420. The van der Waals surface area contributed by atoms with E-state index in [-0.39, 0.29) is 24.4 Å². The van der Waals surface area contributed by atoms with Gasteiger partial charge in [0.25, 0.3) is 0 Å². The van der Waals surface area contributed by atoms with Crippen molar-refractivity contribution in [2.24, 2.45) is 0 Å². The standard InChI is InChI=1S/C12H11BrF3NO2S/c13-10-1-3-11(4-2-10)20(18,19)17-7-5-9(6-8-17)12(14,15)16/h1-5H,6-8H2. The topological polar surface area (TPSA) is 37.4 Å². The molecule has 2 rings (SSSR count). The molecule has 0 radical (unpaired) electrons. The molecule has 0 spiro atoms. The largest absolute Gasteiger partial charge is 0.412 e. The van der Waals surface area contributed by atoms with Crippen LogP contribution in [-0.4, -0.2) is 32.0 Å². The number of halogens is 4. The van der Waals surface area contributed by atoms with Crippen molar-refractivity contribution in [3.05, 3.63) is 40.4 Å². The van der Waals surface area contributed by atoms with Crippen LogP contribution in [0.4, 0.5) is 13.2 Å². The second kappa shape index (κ2) is 5.50. The van der Waals surface area contributed by atoms with Crippen molar-refractivity contribution in [3.8, 4) is 0 Å². The lowest BCUT2D eigenvalue weighted by molar-refractivity contribution is -0.0953. The monoisotopic (exact) mass is 369 g/mol. The second-order valence-electron chi connectivity index (χ2n) is 4.29. The SMILES string of the molecule is O=S(=O)(c1ccc(Br)cc1)N1CC=C(C(F)(F)F)CC1. The summed E-state index contributed by atoms with van der Waals surface area (Å²) in [5, 5.41) is 0. The van der Waals surface area contributed by atoms with Crippen molar-refractivity contribution in [3.63, 3.8) is 0 Å². The van der Waals surface area contributed by atoms with Crippen molar-refractivity contribution >= 4 is 26.0 Å². The number of rotatable bonds is 2. The molecule has 3 nitrogen and oxygen atoms in total. The Labute approximate surface area is 123 Å². The van der Waals surface area contributed by atoms with Gasteiger partial charge in [0.1, 0.15) is 0 Å². The number of alkyl halides is 3. The predicted molar refractivity (Wildman–Crippen MR) is 71.7 cm³/mol. The van der Waals surface area contributed by atoms with E-state index < -0.39 is 21.8 Å². The van der Waals surface area contributed by atoms with E-state index in [0.717, 1.165) is 14.9 Å². The summed E-state index contributed by atoms with van der Waals surface area (Å²) in [4.78, 5) is 0.0737. The Bertz CT molecular complexity index is 623. The molecule has 1 aliphatic rings. The highest BCUT2D eigenvalue weighted by Crippen LogP contribution is 2.31. The molecule has 0 aliphatic carbocycles. The first-order valence-electron chi connectivity index (χ1n) is 5.73. The second-order valence-corrected chi connectivity index (χ2v) is 7.15. The minimum absolute atomic E-state index is 0.0737. The first-order chi connectivity index (χ1) is 9.21. The quantitative estimate of drug-likeness (QED) is 0.749. The van der Waals surface area contributed by atoms with Crippen LogP contribution in [0.2, 0.25) is 0 Å². The molecule has 8 heteroatoms. The molecule has 1 heterocycles. The molecule has 0 unspecified atom stereocenters. The molecule has 0 aromatic heterocycles. The van der Waals surface area contributed by atoms with Gasteiger partial charge in [0.05, 0.1) is 4.90 Å². The fourth-order valence-corrected chi connectivity index (χ4v) is 3.53. The van der Waals surface area contributed by atoms with Gasteiger partial charge in [-0.25, -0.2) is 8.42 Å². The molecule has 0 saturated carbocycles. The van der Waals surface area contributed by atoms with Crippen molar-refractivity contribution < 1.29 is 21.6 Å². The Balaban J connectivity index is 2.21. The third kappa shape index (κ3) is 3.24. The van der Waals surface area contributed by atoms with Crippen LogP contribution in [0.15, 0.2) is 45.3 Å². The highest BCUT2D eigenvalue weighted by Gasteiger charge is 2.37. The minimum Gasteiger partial charge on any atom is -0.207 e. The summed E-state index contributed by atoms with van der Waals surface area (Å²) >= 11 is 3.19. The van der Waals surface area contributed by atoms with E-state index >= 15 is 0 Å². The van der Waals surface area contributed by atoms with E-state index in [1.165, 1.54) is 12.1 Å². The average Bonchev–Trinajstić information content (AvgIpc) is 2.38. The molecule has 1 aromatic rings. The number of sulfonamides is 1. The van der Waals surface area contributed by atoms with Gasteiger partial charge in [0, 0.05) is 23.1 Å². The van der Waals surface area contributed by atoms with Crippen LogP contribution in [-0.2, 0) is 10.0 Å². The van der Waals surface area contributed by atoms with Crippen molar-refractivity contribution in [2.45, 2.75) is 17.5 Å². The highest BCUT2D eigenvalue weighted by atomic mass is 79.9. The van der Waals surface area contributed by atoms with E-state index in [2.05, 4.69) is 15.9 Å². The Kier molecular flexibility index (Phi) is 4.27. The van der Waals surface area contributed by atoms with Crippen LogP contribution in [0.25, 0.3) is 0 Å². The fourth-order valence-electron chi connectivity index (χ4n) is 1.88. The molecule has 0 N–H and O–H groups in total. The average molecular weight is 370 g/mol. The van der Waals surface area contributed by atoms with Gasteiger partial charge in [-0.15, -0.1) is 0 Å². The summed E-state index contributed by atoms with van der Waals surface area (Å²) in [7, 11) is -3.75. The molecule has 1 aromatic carbocycles. The smallest absolute Gasteiger partial charge is 0.207 e. The maximum Gasteiger partial charge on any atom is 0.412 e. The normalized spacial score (nSPS) is 17.9. The Morgan fingerprint density at radius 1 is 1.15 bits per heavy atom. The van der Waals surface area contributed by atoms with Gasteiger partial charge in [-0.05, 0) is 30.7 Å². The molecule has 1 aliphatic heterocycles. The van der Waals surface area contributed by atoms with E-state index in [1.807, 2.05) is 0 Å². The molecule has 110 valence electrons. The van der Waals surface area contributed by atoms with E-state index in [4.69, 9.17) is 0 Å². The van der Waals surface area contributed by atoms with Crippen LogP contribution >= 0.6 is 15.9 Å². The van der Waals surface area contributed by atoms with Crippen LogP contribution in [0.5, 0.6) is 0 Å². The molecule has 0 amide bonds. The Hall–Kier alpha value is -0.860. The van der Waals surface area contributed by atoms with Gasteiger partial charge in [-0.3, -0.25) is 0 Å². The molecule has 0 saturated heterocycles. The first-order valence-corrected chi connectivity index (χ1v) is 7.96. The zero-order valence-corrected chi connectivity index (χ0v) is 12.6. The maximum atomic E-state index is 12.5. The van der Waals surface area contributed by atoms with Gasteiger partial charge in [-0.2, -0.15) is 17.5 Å². The first kappa shape index (κ1) is 15.5. The third-order valence-corrected chi connectivity index (χ3v) is 5.40. The van der Waals surface area contributed by atoms with Crippen LogP contribution < -0.4 is 0 Å². The van der Waals surface area contributed by atoms with E-state index in [1.54, 1.807) is 12.1 Å². The van der Waals surface area contributed by atoms with Gasteiger partial charge >= 0.3 is 6.18 Å². The van der Waals surface area contributed by atoms with Crippen molar-refractivity contribution in [2.75, 3.05) is 13.1 Å². The van der Waals surface area contributed by atoms with Crippen LogP contribution in [0.3, 0.4) is 0 Å². The predicted octanol–water partition coefficient (Wildman–Crippen LogP) is 3.33. The summed E-state index contributed by atoms with van der Waals surface area (Å²) in [6.07, 6.45) is -3.77. The van der Waals surface area contributed by atoms with Gasteiger partial charge < -0.3 is 0 Å². The van der Waals surface area contributed by atoms with Crippen molar-refractivity contribution in [1.82, 2.24) is 4.31 Å². The molecule has 0 fully saturated rings. The Morgan fingerprint density at radius 2 is 1.75 bits per heavy atom. The summed E-state index contributed by atoms with van der Waals surface area (Å²) in [6, 6.07) is 5.99. The summed E-state index contributed by atoms with van der Waals surface area (Å²) < 4.78 is 63.8. The van der Waals surface area contributed by atoms with Crippen molar-refractivity contribution in [1.29, 1.82) is 0 Å². The summed E-state index contributed by atoms with van der Waals surface area (Å²) in [5.74, 6) is 0. The number of benzene rings is 1. The fraction of sp³-hybridized carbons (Fsp3) is 0.333. The number of hydrogen-bond donors (Lipinski definition) is 0. The Morgan fingerprint density at radius 3 is 2.20 bits per heavy atom. The lowest BCUT2D eigenvalue weighted by Crippen LogP contribution is -2.36. The van der Waals surface area contributed by atoms with Crippen LogP contribution in [0, 0.1) is 0 Å². The number of hydrogen-bond acceptors (Lipinski definition) is 2. The molecule has 20 heavy (non-hydrogen) atoms. The van der Waals surface area contributed by atoms with E-state index in [9.17, 15) is 21.6 Å². The highest BCUT2D eigenvalue weighted by molar-refractivity contribution is 9.10. The van der Waals surface area contributed by atoms with Gasteiger partial charge in [0.2, 0.25) is 10.0 Å². The molecular weight excluding hydrogens is 359 g/mol. The number of nitrogens with zero attached hydrogens (tertiary/aromatic N) is 1. The third-order valence-electron chi connectivity index (χ3n) is 2.99. The maximum absolute atomic E-state index is 12.5. The molecular formula is C12H11BrF3NO2S. The zero-order chi connectivity index (χ0) is 15.0. The lowest BCUT2D eigenvalue weighted by atomic mass is 10.1. The van der Waals surface area contributed by atoms with Crippen LogP contribution in [0.1, 0.15) is 6.42 Å². The van der Waals surface area contributed by atoms with Gasteiger partial charge in [0.15, 0.2) is 0 Å². The molecule has 0 bridgehead atoms. The molecule has 0 atom stereocenters. The van der Waals surface area contributed by atoms with Gasteiger partial charge in [-0.1, -0.05) is 22.0 Å².